The number of carboxylic acids is 1. The van der Waals surface area contributed by atoms with E-state index in [0.29, 0.717) is 0 Å². The van der Waals surface area contributed by atoms with Gasteiger partial charge in [-0.3, -0.25) is 14.9 Å². The van der Waals surface area contributed by atoms with Gasteiger partial charge in [0.2, 0.25) is 0 Å². The van der Waals surface area contributed by atoms with E-state index in [-0.39, 0.29) is 22.7 Å². The molecule has 1 rings (SSSR count). The minimum Gasteiger partial charge on any atom is -0.480 e. The molecule has 0 spiro atoms. The van der Waals surface area contributed by atoms with E-state index in [1.165, 1.54) is 6.07 Å². The molecule has 20 heavy (non-hydrogen) atoms. The van der Waals surface area contributed by atoms with Crippen LogP contribution in [0.5, 0.6) is 0 Å². The summed E-state index contributed by atoms with van der Waals surface area (Å²) < 4.78 is 0. The van der Waals surface area contributed by atoms with Gasteiger partial charge in [0.25, 0.3) is 11.6 Å². The molecule has 1 amide bonds. The number of amides is 1. The number of nitro groups is 1. The lowest BCUT2D eigenvalue weighted by Crippen LogP contribution is -2.41. The first-order valence-corrected chi connectivity index (χ1v) is 5.83. The third-order valence-corrected chi connectivity index (χ3v) is 2.76. The molecule has 1 aromatic carbocycles. The number of aliphatic hydroxyl groups excluding tert-OH is 1. The summed E-state index contributed by atoms with van der Waals surface area (Å²) >= 11 is 5.76. The molecule has 0 fully saturated rings. The molecule has 0 bridgehead atoms. The predicted molar refractivity (Wildman–Crippen MR) is 68.7 cm³/mol. The quantitative estimate of drug-likeness (QED) is 0.526. The number of hydrogen-bond acceptors (Lipinski definition) is 5. The van der Waals surface area contributed by atoms with Crippen molar-refractivity contribution >= 4 is 29.2 Å². The second-order valence-electron chi connectivity index (χ2n) is 3.80. The summed E-state index contributed by atoms with van der Waals surface area (Å²) in [4.78, 5) is 32.6. The molecule has 8 nitrogen and oxygen atoms in total. The number of hydrogen-bond donors (Lipinski definition) is 3. The molecule has 0 aliphatic heterocycles. The number of aliphatic hydroxyl groups is 1. The van der Waals surface area contributed by atoms with Crippen molar-refractivity contribution in [2.24, 2.45) is 0 Å². The van der Waals surface area contributed by atoms with Gasteiger partial charge in [-0.1, -0.05) is 11.6 Å². The fourth-order valence-electron chi connectivity index (χ4n) is 1.42. The lowest BCUT2D eigenvalue weighted by Gasteiger charge is -2.13. The fraction of sp³-hybridized carbons (Fsp3) is 0.273. The van der Waals surface area contributed by atoms with Crippen LogP contribution in [0, 0.1) is 10.1 Å². The van der Waals surface area contributed by atoms with E-state index in [4.69, 9.17) is 21.8 Å². The predicted octanol–water partition coefficient (Wildman–Crippen LogP) is 0.814. The number of rotatable bonds is 6. The summed E-state index contributed by atoms with van der Waals surface area (Å²) in [5.74, 6) is -2.19. The van der Waals surface area contributed by atoms with Gasteiger partial charge in [0, 0.05) is 25.2 Å². The highest BCUT2D eigenvalue weighted by molar-refractivity contribution is 6.34. The zero-order chi connectivity index (χ0) is 15.3. The van der Waals surface area contributed by atoms with E-state index in [1.807, 2.05) is 0 Å². The van der Waals surface area contributed by atoms with Crippen LogP contribution in [0.25, 0.3) is 0 Å². The Hall–Kier alpha value is -2.19. The number of benzene rings is 1. The van der Waals surface area contributed by atoms with Gasteiger partial charge >= 0.3 is 5.97 Å². The van der Waals surface area contributed by atoms with Gasteiger partial charge in [-0.15, -0.1) is 0 Å². The van der Waals surface area contributed by atoms with Crippen LogP contribution >= 0.6 is 11.6 Å². The minimum absolute atomic E-state index is 0.0405. The Bertz CT molecular complexity index is 548. The maximum atomic E-state index is 11.9. The normalized spacial score (nSPS) is 11.7. The van der Waals surface area contributed by atoms with Gasteiger partial charge in [0.05, 0.1) is 15.5 Å². The monoisotopic (exact) mass is 302 g/mol. The largest absolute Gasteiger partial charge is 0.480 e. The van der Waals surface area contributed by atoms with Crippen molar-refractivity contribution in [2.75, 3.05) is 6.61 Å². The lowest BCUT2D eigenvalue weighted by molar-refractivity contribution is -0.384. The Morgan fingerprint density at radius 2 is 2.10 bits per heavy atom. The number of carboxylic acid groups (broad SMARTS) is 1. The number of non-ortho nitro benzene ring substituents is 1. The summed E-state index contributed by atoms with van der Waals surface area (Å²) in [6, 6.07) is 1.95. The SMILES string of the molecule is O=C(N[C@H](CCO)C(=O)O)c1cc([N+](=O)[O-])ccc1Cl. The summed E-state index contributed by atoms with van der Waals surface area (Å²) in [6.45, 7) is -0.431. The second kappa shape index (κ2) is 6.83. The maximum absolute atomic E-state index is 11.9. The molecule has 3 N–H and O–H groups in total. The molecular formula is C11H11ClN2O6. The van der Waals surface area contributed by atoms with Gasteiger partial charge in [0.1, 0.15) is 6.04 Å². The first-order valence-electron chi connectivity index (χ1n) is 5.45. The number of nitrogens with one attached hydrogen (secondary N) is 1. The molecule has 0 aliphatic carbocycles. The zero-order valence-electron chi connectivity index (χ0n) is 10.1. The van der Waals surface area contributed by atoms with Gasteiger partial charge in [-0.25, -0.2) is 4.79 Å². The van der Waals surface area contributed by atoms with Crippen LogP contribution in [-0.4, -0.2) is 39.7 Å². The Labute approximate surface area is 118 Å². The van der Waals surface area contributed by atoms with Crippen molar-refractivity contribution < 1.29 is 24.7 Å². The molecule has 9 heteroatoms. The lowest BCUT2D eigenvalue weighted by atomic mass is 10.1. The van der Waals surface area contributed by atoms with E-state index in [0.717, 1.165) is 12.1 Å². The Morgan fingerprint density at radius 1 is 1.45 bits per heavy atom. The molecule has 1 aromatic rings. The maximum Gasteiger partial charge on any atom is 0.326 e. The van der Waals surface area contributed by atoms with E-state index in [1.54, 1.807) is 0 Å². The summed E-state index contributed by atoms with van der Waals surface area (Å²) in [5.41, 5.74) is -0.543. The van der Waals surface area contributed by atoms with Crippen LogP contribution < -0.4 is 5.32 Å². The molecule has 0 heterocycles. The smallest absolute Gasteiger partial charge is 0.326 e. The van der Waals surface area contributed by atoms with Crippen molar-refractivity contribution in [1.29, 1.82) is 0 Å². The highest BCUT2D eigenvalue weighted by Gasteiger charge is 2.22. The van der Waals surface area contributed by atoms with Crippen molar-refractivity contribution in [1.82, 2.24) is 5.32 Å². The molecule has 0 saturated heterocycles. The Morgan fingerprint density at radius 3 is 2.60 bits per heavy atom. The standard InChI is InChI=1S/C11H11ClN2O6/c12-8-2-1-6(14(19)20)5-7(8)10(16)13-9(3-4-15)11(17)18/h1-2,5,9,15H,3-4H2,(H,13,16)(H,17,18)/t9-/m1/s1. The van der Waals surface area contributed by atoms with Crippen LogP contribution in [0.2, 0.25) is 5.02 Å². The van der Waals surface area contributed by atoms with E-state index >= 15 is 0 Å². The third kappa shape index (κ3) is 3.90. The topological polar surface area (TPSA) is 130 Å². The average molecular weight is 303 g/mol. The molecule has 108 valence electrons. The van der Waals surface area contributed by atoms with Gasteiger partial charge in [-0.2, -0.15) is 0 Å². The van der Waals surface area contributed by atoms with Crippen LogP contribution in [0.3, 0.4) is 0 Å². The van der Waals surface area contributed by atoms with Crippen molar-refractivity contribution in [3.8, 4) is 0 Å². The van der Waals surface area contributed by atoms with Crippen LogP contribution in [-0.2, 0) is 4.79 Å². The molecular weight excluding hydrogens is 292 g/mol. The van der Waals surface area contributed by atoms with E-state index < -0.39 is 29.4 Å². The molecule has 0 aromatic heterocycles. The van der Waals surface area contributed by atoms with E-state index in [9.17, 15) is 19.7 Å². The number of aliphatic carboxylic acids is 1. The number of carbonyl (C=O) groups is 2. The molecule has 1 atom stereocenters. The summed E-state index contributed by atoms with van der Waals surface area (Å²) in [7, 11) is 0. The van der Waals surface area contributed by atoms with E-state index in [2.05, 4.69) is 5.32 Å². The number of nitro benzene ring substituents is 1. The molecule has 0 radical (unpaired) electrons. The van der Waals surface area contributed by atoms with Crippen LogP contribution in [0.4, 0.5) is 5.69 Å². The van der Waals surface area contributed by atoms with Crippen LogP contribution in [0.1, 0.15) is 16.8 Å². The fourth-order valence-corrected chi connectivity index (χ4v) is 1.63. The minimum atomic E-state index is -1.33. The first kappa shape index (κ1) is 15.9. The van der Waals surface area contributed by atoms with Crippen molar-refractivity contribution in [3.63, 3.8) is 0 Å². The molecule has 0 aliphatic rings. The molecule has 0 unspecified atom stereocenters. The van der Waals surface area contributed by atoms with Gasteiger partial charge < -0.3 is 15.5 Å². The average Bonchev–Trinajstić information content (AvgIpc) is 2.38. The number of nitrogens with zero attached hydrogens (tertiary/aromatic N) is 1. The Balaban J connectivity index is 2.99. The highest BCUT2D eigenvalue weighted by atomic mass is 35.5. The zero-order valence-corrected chi connectivity index (χ0v) is 10.8. The van der Waals surface area contributed by atoms with Crippen molar-refractivity contribution in [2.45, 2.75) is 12.5 Å². The second-order valence-corrected chi connectivity index (χ2v) is 4.21. The van der Waals surface area contributed by atoms with Gasteiger partial charge in [-0.05, 0) is 6.07 Å². The van der Waals surface area contributed by atoms with Gasteiger partial charge in [0.15, 0.2) is 0 Å². The third-order valence-electron chi connectivity index (χ3n) is 2.43. The van der Waals surface area contributed by atoms with Crippen LogP contribution in [0.15, 0.2) is 18.2 Å². The Kier molecular flexibility index (Phi) is 5.42. The highest BCUT2D eigenvalue weighted by Crippen LogP contribution is 2.22. The molecule has 0 saturated carbocycles. The van der Waals surface area contributed by atoms with Crippen molar-refractivity contribution in [3.05, 3.63) is 38.9 Å². The first-order chi connectivity index (χ1) is 9.36. The summed E-state index contributed by atoms with van der Waals surface area (Å²) in [5, 5.41) is 30.3. The summed E-state index contributed by atoms with van der Waals surface area (Å²) in [6.07, 6.45) is -0.187. The number of halogens is 1. The number of carbonyl (C=O) groups excluding carboxylic acids is 1.